The Labute approximate surface area is 76.3 Å². The molecule has 0 atom stereocenters. The predicted octanol–water partition coefficient (Wildman–Crippen LogP) is 2.31. The van der Waals surface area contributed by atoms with Gasteiger partial charge in [-0.05, 0) is 17.7 Å². The average Bonchev–Trinajstić information content (AvgIpc) is 2.16. The number of nitrogens with zero attached hydrogens (tertiary/aromatic N) is 1. The Morgan fingerprint density at radius 1 is 1.58 bits per heavy atom. The van der Waals surface area contributed by atoms with Crippen LogP contribution in [0.15, 0.2) is 18.2 Å². The highest BCUT2D eigenvalue weighted by molar-refractivity contribution is 6.17. The molecule has 0 fully saturated rings. The number of hydrogen-bond acceptors (Lipinski definition) is 2. The van der Waals surface area contributed by atoms with E-state index in [0.717, 1.165) is 5.56 Å². The molecule has 0 aliphatic carbocycles. The minimum Gasteiger partial charge on any atom is -0.495 e. The van der Waals surface area contributed by atoms with Crippen LogP contribution in [0.1, 0.15) is 11.1 Å². The van der Waals surface area contributed by atoms with Gasteiger partial charge in [-0.1, -0.05) is 6.07 Å². The molecule has 0 saturated carbocycles. The van der Waals surface area contributed by atoms with Crippen molar-refractivity contribution in [2.75, 3.05) is 7.11 Å². The normalized spacial score (nSPS) is 9.08. The van der Waals surface area contributed by atoms with Crippen molar-refractivity contribution in [3.8, 4) is 11.8 Å². The zero-order valence-electron chi connectivity index (χ0n) is 6.67. The SMILES string of the molecule is COc1cc(CCl)ccc1C#N. The van der Waals surface area contributed by atoms with E-state index in [-0.39, 0.29) is 0 Å². The molecule has 0 aromatic heterocycles. The quantitative estimate of drug-likeness (QED) is 0.656. The van der Waals surface area contributed by atoms with Crippen molar-refractivity contribution in [3.05, 3.63) is 29.3 Å². The second kappa shape index (κ2) is 3.99. The lowest BCUT2D eigenvalue weighted by atomic mass is 10.1. The zero-order valence-corrected chi connectivity index (χ0v) is 7.43. The minimum absolute atomic E-state index is 0.433. The third kappa shape index (κ3) is 1.69. The third-order valence-electron chi connectivity index (χ3n) is 1.54. The minimum atomic E-state index is 0.433. The van der Waals surface area contributed by atoms with Crippen molar-refractivity contribution in [1.82, 2.24) is 0 Å². The van der Waals surface area contributed by atoms with Crippen LogP contribution in [0.2, 0.25) is 0 Å². The second-order valence-electron chi connectivity index (χ2n) is 2.28. The smallest absolute Gasteiger partial charge is 0.136 e. The van der Waals surface area contributed by atoms with Crippen LogP contribution in [0.25, 0.3) is 0 Å². The molecule has 0 unspecified atom stereocenters. The molecule has 62 valence electrons. The van der Waals surface area contributed by atoms with E-state index in [0.29, 0.717) is 17.2 Å². The highest BCUT2D eigenvalue weighted by Gasteiger charge is 2.01. The molecule has 0 amide bonds. The van der Waals surface area contributed by atoms with E-state index in [4.69, 9.17) is 21.6 Å². The summed E-state index contributed by atoms with van der Waals surface area (Å²) in [5.74, 6) is 1.01. The molecular weight excluding hydrogens is 174 g/mol. The maximum atomic E-state index is 8.65. The Kier molecular flexibility index (Phi) is 2.95. The van der Waals surface area contributed by atoms with Gasteiger partial charge in [-0.3, -0.25) is 0 Å². The molecule has 0 N–H and O–H groups in total. The van der Waals surface area contributed by atoms with E-state index >= 15 is 0 Å². The maximum absolute atomic E-state index is 8.65. The van der Waals surface area contributed by atoms with Crippen LogP contribution in [-0.4, -0.2) is 7.11 Å². The number of halogens is 1. The van der Waals surface area contributed by atoms with Crippen LogP contribution in [0.5, 0.6) is 5.75 Å². The Hall–Kier alpha value is -1.20. The van der Waals surface area contributed by atoms with Crippen molar-refractivity contribution in [2.45, 2.75) is 5.88 Å². The summed E-state index contributed by atoms with van der Waals surface area (Å²) in [6.45, 7) is 0. The first kappa shape index (κ1) is 8.89. The van der Waals surface area contributed by atoms with Crippen LogP contribution in [-0.2, 0) is 5.88 Å². The van der Waals surface area contributed by atoms with Crippen LogP contribution >= 0.6 is 11.6 Å². The van der Waals surface area contributed by atoms with E-state index in [1.807, 2.05) is 12.1 Å². The first-order valence-corrected chi connectivity index (χ1v) is 3.98. The molecule has 2 nitrogen and oxygen atoms in total. The van der Waals surface area contributed by atoms with Gasteiger partial charge >= 0.3 is 0 Å². The van der Waals surface area contributed by atoms with Gasteiger partial charge < -0.3 is 4.74 Å². The predicted molar refractivity (Wildman–Crippen MR) is 47.3 cm³/mol. The Morgan fingerprint density at radius 2 is 2.33 bits per heavy atom. The molecule has 0 bridgehead atoms. The van der Waals surface area contributed by atoms with Crippen molar-refractivity contribution in [1.29, 1.82) is 5.26 Å². The highest BCUT2D eigenvalue weighted by Crippen LogP contribution is 2.19. The molecule has 0 heterocycles. The van der Waals surface area contributed by atoms with Crippen molar-refractivity contribution >= 4 is 11.6 Å². The van der Waals surface area contributed by atoms with Gasteiger partial charge in [0, 0.05) is 5.88 Å². The number of alkyl halides is 1. The van der Waals surface area contributed by atoms with E-state index in [1.54, 1.807) is 12.1 Å². The standard InChI is InChI=1S/C9H8ClNO/c1-12-9-4-7(5-10)2-3-8(9)6-11/h2-4H,5H2,1H3. The second-order valence-corrected chi connectivity index (χ2v) is 2.55. The maximum Gasteiger partial charge on any atom is 0.136 e. The van der Waals surface area contributed by atoms with Gasteiger partial charge in [-0.15, -0.1) is 11.6 Å². The number of ether oxygens (including phenoxy) is 1. The largest absolute Gasteiger partial charge is 0.495 e. The third-order valence-corrected chi connectivity index (χ3v) is 1.85. The van der Waals surface area contributed by atoms with Gasteiger partial charge in [0.25, 0.3) is 0 Å². The monoisotopic (exact) mass is 181 g/mol. The summed E-state index contributed by atoms with van der Waals surface area (Å²) in [6.07, 6.45) is 0. The van der Waals surface area contributed by atoms with Gasteiger partial charge in [-0.25, -0.2) is 0 Å². The number of methoxy groups -OCH3 is 1. The molecule has 0 aliphatic heterocycles. The molecule has 1 aromatic carbocycles. The number of rotatable bonds is 2. The first-order chi connectivity index (χ1) is 5.81. The van der Waals surface area contributed by atoms with Crippen molar-refractivity contribution in [3.63, 3.8) is 0 Å². The zero-order chi connectivity index (χ0) is 8.97. The highest BCUT2D eigenvalue weighted by atomic mass is 35.5. The Bertz CT molecular complexity index is 317. The molecule has 1 aromatic rings. The van der Waals surface area contributed by atoms with E-state index < -0.39 is 0 Å². The molecule has 3 heteroatoms. The Morgan fingerprint density at radius 3 is 2.83 bits per heavy atom. The molecule has 0 aliphatic rings. The lowest BCUT2D eigenvalue weighted by Crippen LogP contribution is -1.89. The molecule has 0 radical (unpaired) electrons. The van der Waals surface area contributed by atoms with Crippen LogP contribution in [0.3, 0.4) is 0 Å². The topological polar surface area (TPSA) is 33.0 Å². The first-order valence-electron chi connectivity index (χ1n) is 3.44. The fourth-order valence-electron chi connectivity index (χ4n) is 0.911. The fourth-order valence-corrected chi connectivity index (χ4v) is 1.08. The number of hydrogen-bond donors (Lipinski definition) is 0. The Balaban J connectivity index is 3.13. The van der Waals surface area contributed by atoms with Gasteiger partial charge in [-0.2, -0.15) is 5.26 Å². The van der Waals surface area contributed by atoms with Gasteiger partial charge in [0.2, 0.25) is 0 Å². The summed E-state index contributed by atoms with van der Waals surface area (Å²) in [7, 11) is 1.54. The lowest BCUT2D eigenvalue weighted by Gasteiger charge is -2.03. The molecule has 1 rings (SSSR count). The van der Waals surface area contributed by atoms with E-state index in [2.05, 4.69) is 0 Å². The van der Waals surface area contributed by atoms with Crippen LogP contribution < -0.4 is 4.74 Å². The van der Waals surface area contributed by atoms with Gasteiger partial charge in [0.05, 0.1) is 12.7 Å². The van der Waals surface area contributed by atoms with E-state index in [9.17, 15) is 0 Å². The summed E-state index contributed by atoms with van der Waals surface area (Å²) in [5, 5.41) is 8.65. The fraction of sp³-hybridized carbons (Fsp3) is 0.222. The van der Waals surface area contributed by atoms with Crippen molar-refractivity contribution in [2.24, 2.45) is 0 Å². The molecule has 0 spiro atoms. The van der Waals surface area contributed by atoms with Gasteiger partial charge in [0.1, 0.15) is 11.8 Å². The summed E-state index contributed by atoms with van der Waals surface area (Å²) in [4.78, 5) is 0. The van der Waals surface area contributed by atoms with E-state index in [1.165, 1.54) is 7.11 Å². The van der Waals surface area contributed by atoms with Crippen molar-refractivity contribution < 1.29 is 4.74 Å². The number of nitriles is 1. The van der Waals surface area contributed by atoms with Crippen LogP contribution in [0.4, 0.5) is 0 Å². The number of benzene rings is 1. The molecular formula is C9H8ClNO. The summed E-state index contributed by atoms with van der Waals surface area (Å²) < 4.78 is 5.00. The van der Waals surface area contributed by atoms with Gasteiger partial charge in [0.15, 0.2) is 0 Å². The van der Waals surface area contributed by atoms with Crippen LogP contribution in [0, 0.1) is 11.3 Å². The molecule has 12 heavy (non-hydrogen) atoms. The summed E-state index contributed by atoms with van der Waals surface area (Å²) in [5.41, 5.74) is 1.49. The summed E-state index contributed by atoms with van der Waals surface area (Å²) >= 11 is 5.61. The summed E-state index contributed by atoms with van der Waals surface area (Å²) in [6, 6.07) is 7.32. The molecule has 0 saturated heterocycles. The average molecular weight is 182 g/mol. The lowest BCUT2D eigenvalue weighted by molar-refractivity contribution is 0.413.